The van der Waals surface area contributed by atoms with Crippen molar-refractivity contribution < 1.29 is 19.5 Å². The van der Waals surface area contributed by atoms with E-state index in [-0.39, 0.29) is 29.6 Å². The summed E-state index contributed by atoms with van der Waals surface area (Å²) in [6, 6.07) is 13.5. The monoisotopic (exact) mass is 439 g/mol. The van der Waals surface area contributed by atoms with Crippen LogP contribution in [0.1, 0.15) is 21.7 Å². The van der Waals surface area contributed by atoms with Crippen LogP contribution in [0.15, 0.2) is 53.7 Å². The van der Waals surface area contributed by atoms with Gasteiger partial charge in [-0.1, -0.05) is 36.0 Å². The zero-order valence-electron chi connectivity index (χ0n) is 17.0. The molecule has 0 saturated carbocycles. The molecule has 2 aromatic carbocycles. The molecule has 3 rings (SSSR count). The van der Waals surface area contributed by atoms with Gasteiger partial charge in [-0.05, 0) is 36.8 Å². The van der Waals surface area contributed by atoms with Crippen LogP contribution < -0.4 is 10.6 Å². The summed E-state index contributed by atoms with van der Waals surface area (Å²) in [5.74, 6) is -1.06. The van der Waals surface area contributed by atoms with Gasteiger partial charge in [0.05, 0.1) is 17.7 Å². The lowest BCUT2D eigenvalue weighted by molar-refractivity contribution is -0.116. The van der Waals surface area contributed by atoms with E-state index >= 15 is 0 Å². The lowest BCUT2D eigenvalue weighted by atomic mass is 10.2. The number of amides is 2. The molecule has 0 atom stereocenters. The Bertz CT molecular complexity index is 1130. The summed E-state index contributed by atoms with van der Waals surface area (Å²) in [6.45, 7) is 1.91. The van der Waals surface area contributed by atoms with Crippen molar-refractivity contribution in [1.82, 2.24) is 14.8 Å². The number of nitrogens with one attached hydrogen (secondary N) is 2. The summed E-state index contributed by atoms with van der Waals surface area (Å²) in [5.41, 5.74) is 2.20. The summed E-state index contributed by atoms with van der Waals surface area (Å²) in [7, 11) is 1.73. The predicted molar refractivity (Wildman–Crippen MR) is 117 cm³/mol. The molecular formula is C21H21N5O4S. The maximum Gasteiger partial charge on any atom is 0.335 e. The normalized spacial score (nSPS) is 10.5. The minimum Gasteiger partial charge on any atom is -0.478 e. The van der Waals surface area contributed by atoms with Gasteiger partial charge in [-0.15, -0.1) is 10.2 Å². The van der Waals surface area contributed by atoms with E-state index in [0.29, 0.717) is 16.7 Å². The van der Waals surface area contributed by atoms with Gasteiger partial charge in [0.15, 0.2) is 5.16 Å². The molecule has 0 aliphatic heterocycles. The number of aromatic carboxylic acids is 1. The summed E-state index contributed by atoms with van der Waals surface area (Å²) in [4.78, 5) is 35.6. The first-order chi connectivity index (χ1) is 14.8. The first-order valence-electron chi connectivity index (χ1n) is 9.33. The molecule has 10 heteroatoms. The first-order valence-corrected chi connectivity index (χ1v) is 10.3. The molecule has 160 valence electrons. The second-order valence-corrected chi connectivity index (χ2v) is 7.66. The standard InChI is InChI=1S/C21H21N5O4S/c1-13-6-3-4-9-16(13)23-18(27)11-17-24-25-21(26(17)2)31-12-19(28)22-15-8-5-7-14(10-15)20(29)30/h3-10H,11-12H2,1-2H3,(H,22,28)(H,23,27)(H,29,30). The molecule has 0 saturated heterocycles. The number of carboxylic acid groups (broad SMARTS) is 1. The van der Waals surface area contributed by atoms with Gasteiger partial charge >= 0.3 is 5.97 Å². The third kappa shape index (κ3) is 5.92. The van der Waals surface area contributed by atoms with Crippen LogP contribution in [0, 0.1) is 6.92 Å². The van der Waals surface area contributed by atoms with Crippen LogP contribution in [0.3, 0.4) is 0 Å². The fourth-order valence-electron chi connectivity index (χ4n) is 2.73. The Hall–Kier alpha value is -3.66. The van der Waals surface area contributed by atoms with Gasteiger partial charge in [0.2, 0.25) is 11.8 Å². The number of hydrogen-bond donors (Lipinski definition) is 3. The van der Waals surface area contributed by atoms with Crippen molar-refractivity contribution >= 4 is 40.9 Å². The molecule has 0 radical (unpaired) electrons. The minimum atomic E-state index is -1.07. The number of rotatable bonds is 8. The second kappa shape index (κ2) is 9.90. The first kappa shape index (κ1) is 22.0. The van der Waals surface area contributed by atoms with Crippen LogP contribution in [0.2, 0.25) is 0 Å². The average molecular weight is 439 g/mol. The molecule has 2 amide bonds. The van der Waals surface area contributed by atoms with Gasteiger partial charge in [-0.2, -0.15) is 0 Å². The Morgan fingerprint density at radius 1 is 1.03 bits per heavy atom. The molecule has 1 heterocycles. The van der Waals surface area contributed by atoms with E-state index in [9.17, 15) is 14.4 Å². The molecular weight excluding hydrogens is 418 g/mol. The topological polar surface area (TPSA) is 126 Å². The van der Waals surface area contributed by atoms with Crippen LogP contribution >= 0.6 is 11.8 Å². The van der Waals surface area contributed by atoms with Crippen molar-refractivity contribution in [3.63, 3.8) is 0 Å². The molecule has 0 aliphatic carbocycles. The van der Waals surface area contributed by atoms with Crippen molar-refractivity contribution in [2.24, 2.45) is 7.05 Å². The van der Waals surface area contributed by atoms with E-state index in [1.807, 2.05) is 31.2 Å². The number of aryl methyl sites for hydroxylation is 1. The van der Waals surface area contributed by atoms with Crippen LogP contribution in [0.5, 0.6) is 0 Å². The smallest absolute Gasteiger partial charge is 0.335 e. The fraction of sp³-hybridized carbons (Fsp3) is 0.190. The van der Waals surface area contributed by atoms with E-state index in [1.54, 1.807) is 23.7 Å². The molecule has 3 aromatic rings. The van der Waals surface area contributed by atoms with Gasteiger partial charge in [0.25, 0.3) is 0 Å². The van der Waals surface area contributed by atoms with Gasteiger partial charge < -0.3 is 20.3 Å². The SMILES string of the molecule is Cc1ccccc1NC(=O)Cc1nnc(SCC(=O)Nc2cccc(C(=O)O)c2)n1C. The number of carbonyl (C=O) groups is 3. The summed E-state index contributed by atoms with van der Waals surface area (Å²) in [5, 5.41) is 23.1. The Morgan fingerprint density at radius 2 is 1.81 bits per heavy atom. The van der Waals surface area contributed by atoms with E-state index in [0.717, 1.165) is 11.3 Å². The summed E-state index contributed by atoms with van der Waals surface area (Å²) < 4.78 is 1.67. The molecule has 1 aromatic heterocycles. The number of nitrogens with zero attached hydrogens (tertiary/aromatic N) is 3. The molecule has 31 heavy (non-hydrogen) atoms. The predicted octanol–water partition coefficient (Wildman–Crippen LogP) is 2.73. The molecule has 0 aliphatic rings. The lowest BCUT2D eigenvalue weighted by Crippen LogP contribution is -2.18. The van der Waals surface area contributed by atoms with E-state index in [2.05, 4.69) is 20.8 Å². The largest absolute Gasteiger partial charge is 0.478 e. The lowest BCUT2D eigenvalue weighted by Gasteiger charge is -2.08. The number of hydrogen-bond acceptors (Lipinski definition) is 6. The van der Waals surface area contributed by atoms with Crippen molar-refractivity contribution in [2.45, 2.75) is 18.5 Å². The molecule has 0 unspecified atom stereocenters. The second-order valence-electron chi connectivity index (χ2n) is 6.72. The Labute approximate surface area is 182 Å². The molecule has 9 nitrogen and oxygen atoms in total. The number of anilines is 2. The number of benzene rings is 2. The van der Waals surface area contributed by atoms with E-state index < -0.39 is 5.97 Å². The Balaban J connectivity index is 1.54. The van der Waals surface area contributed by atoms with Crippen LogP contribution in [0.25, 0.3) is 0 Å². The molecule has 0 fully saturated rings. The Kier molecular flexibility index (Phi) is 7.03. The quantitative estimate of drug-likeness (QED) is 0.461. The zero-order valence-corrected chi connectivity index (χ0v) is 17.8. The average Bonchev–Trinajstić information content (AvgIpc) is 3.07. The number of para-hydroxylation sites is 1. The van der Waals surface area contributed by atoms with Crippen molar-refractivity contribution in [3.8, 4) is 0 Å². The third-order valence-corrected chi connectivity index (χ3v) is 5.41. The number of aromatic nitrogens is 3. The van der Waals surface area contributed by atoms with Gasteiger partial charge in [0.1, 0.15) is 5.82 Å². The maximum atomic E-state index is 12.3. The van der Waals surface area contributed by atoms with Crippen LogP contribution in [-0.4, -0.2) is 43.4 Å². The third-order valence-electron chi connectivity index (χ3n) is 4.39. The zero-order chi connectivity index (χ0) is 22.4. The van der Waals surface area contributed by atoms with Crippen LogP contribution in [-0.2, 0) is 23.1 Å². The van der Waals surface area contributed by atoms with Crippen molar-refractivity contribution in [2.75, 3.05) is 16.4 Å². The minimum absolute atomic E-state index is 0.0482. The molecule has 0 bridgehead atoms. The highest BCUT2D eigenvalue weighted by atomic mass is 32.2. The van der Waals surface area contributed by atoms with E-state index in [1.165, 1.54) is 23.9 Å². The fourth-order valence-corrected chi connectivity index (χ4v) is 3.46. The van der Waals surface area contributed by atoms with Gasteiger partial charge in [-0.25, -0.2) is 4.79 Å². The van der Waals surface area contributed by atoms with Crippen molar-refractivity contribution in [1.29, 1.82) is 0 Å². The number of carbonyl (C=O) groups excluding carboxylic acids is 2. The van der Waals surface area contributed by atoms with Crippen molar-refractivity contribution in [3.05, 3.63) is 65.5 Å². The summed E-state index contributed by atoms with van der Waals surface area (Å²) in [6.07, 6.45) is 0.0482. The van der Waals surface area contributed by atoms with Gasteiger partial charge in [0, 0.05) is 18.4 Å². The highest BCUT2D eigenvalue weighted by Crippen LogP contribution is 2.18. The highest BCUT2D eigenvalue weighted by Gasteiger charge is 2.15. The molecule has 3 N–H and O–H groups in total. The van der Waals surface area contributed by atoms with E-state index in [4.69, 9.17) is 5.11 Å². The number of thioether (sulfide) groups is 1. The van der Waals surface area contributed by atoms with Gasteiger partial charge in [-0.3, -0.25) is 9.59 Å². The maximum absolute atomic E-state index is 12.3. The molecule has 0 spiro atoms. The Morgan fingerprint density at radius 3 is 2.55 bits per heavy atom. The summed E-state index contributed by atoms with van der Waals surface area (Å²) >= 11 is 1.17. The number of carboxylic acids is 1. The van der Waals surface area contributed by atoms with Crippen LogP contribution in [0.4, 0.5) is 11.4 Å². The highest BCUT2D eigenvalue weighted by molar-refractivity contribution is 7.99.